The predicted molar refractivity (Wildman–Crippen MR) is 303 cm³/mol. The maximum Gasteiger partial charge on any atom is 0.251 e. The van der Waals surface area contributed by atoms with Gasteiger partial charge < -0.3 is 77.5 Å². The molecule has 0 radical (unpaired) electrons. The zero-order valence-corrected chi connectivity index (χ0v) is 46.9. The van der Waals surface area contributed by atoms with Crippen LogP contribution in [0.25, 0.3) is 22.3 Å². The smallest absolute Gasteiger partial charge is 0.251 e. The summed E-state index contributed by atoms with van der Waals surface area (Å²) >= 11 is 0. The highest BCUT2D eigenvalue weighted by molar-refractivity contribution is 6.01. The largest absolute Gasteiger partial charge is 0.508 e. The van der Waals surface area contributed by atoms with E-state index in [2.05, 4.69) is 33.5 Å². The summed E-state index contributed by atoms with van der Waals surface area (Å²) in [6, 6.07) is 17.2. The van der Waals surface area contributed by atoms with Gasteiger partial charge in [0.1, 0.15) is 47.8 Å². The number of nitrogens with one attached hydrogen (secondary N) is 5. The van der Waals surface area contributed by atoms with Crippen LogP contribution in [0, 0.1) is 11.8 Å². The fourth-order valence-corrected chi connectivity index (χ4v) is 10.6. The van der Waals surface area contributed by atoms with Crippen LogP contribution in [-0.4, -0.2) is 187 Å². The molecule has 2 unspecified atom stereocenters. The highest BCUT2D eigenvalue weighted by Gasteiger charge is 2.50. The van der Waals surface area contributed by atoms with Crippen molar-refractivity contribution in [3.05, 3.63) is 108 Å². The van der Waals surface area contributed by atoms with E-state index >= 15 is 0 Å². The van der Waals surface area contributed by atoms with Crippen LogP contribution in [0.1, 0.15) is 75.7 Å². The molecule has 4 aromatic carbocycles. The number of ketones is 1. The topological polar surface area (TPSA) is 360 Å². The summed E-state index contributed by atoms with van der Waals surface area (Å²) in [5.74, 6) is -9.78. The van der Waals surface area contributed by atoms with Crippen molar-refractivity contribution < 1.29 is 73.7 Å². The van der Waals surface area contributed by atoms with E-state index in [1.54, 1.807) is 19.1 Å². The van der Waals surface area contributed by atoms with Gasteiger partial charge in [0.25, 0.3) is 5.91 Å². The fourth-order valence-electron chi connectivity index (χ4n) is 10.6. The number of nitrogens with two attached hydrogens (primary N) is 1. The lowest BCUT2D eigenvalue weighted by Gasteiger charge is -2.33. The maximum atomic E-state index is 14.5. The molecule has 0 bridgehead atoms. The van der Waals surface area contributed by atoms with E-state index in [0.29, 0.717) is 12.2 Å². The SMILES string of the molecule is CCCCCOc1ccc(-c2ccc(-c3ccc(C(=O)N[C@H]4CNC(=O)[C@H](CN)NC(=O)[C@@H]5[C@@H](O)[C@@H](C)CN5C(=O)[C@H](C(C)O)CC(=O)[C@H]([C@H](O)Cc5ccc(O)cc5)NC(=O)[C@@H]5C[C@@H](O)CN5C(=O)[C@H](C(C)O)NC4=O)cc3)cc2)cc1. The van der Waals surface area contributed by atoms with E-state index in [1.807, 2.05) is 48.5 Å². The third-order valence-electron chi connectivity index (χ3n) is 15.5. The van der Waals surface area contributed by atoms with Gasteiger partial charge in [-0.15, -0.1) is 0 Å². The normalized spacial score (nSPS) is 26.2. The van der Waals surface area contributed by atoms with Crippen LogP contribution in [-0.2, 0) is 40.0 Å². The van der Waals surface area contributed by atoms with Crippen molar-refractivity contribution >= 4 is 47.1 Å². The number of unbranched alkanes of at least 4 members (excludes halogenated alkanes) is 2. The van der Waals surface area contributed by atoms with Gasteiger partial charge in [-0.05, 0) is 84.5 Å². The number of rotatable bonds is 15. The molecule has 23 heteroatoms. The van der Waals surface area contributed by atoms with Crippen LogP contribution in [0.4, 0.5) is 0 Å². The van der Waals surface area contributed by atoms with Crippen molar-refractivity contribution in [1.82, 2.24) is 36.4 Å². The van der Waals surface area contributed by atoms with Crippen LogP contribution in [0.5, 0.6) is 11.5 Å². The number of Topliss-reactive ketones (excluding diaryl/α,β-unsaturated/α-hetero) is 1. The molecule has 3 aliphatic rings. The van der Waals surface area contributed by atoms with Crippen molar-refractivity contribution in [1.29, 1.82) is 0 Å². The number of fused-ring (bicyclic) bond motifs is 2. The van der Waals surface area contributed by atoms with E-state index < -0.39 is 158 Å². The Morgan fingerprint density at radius 1 is 0.711 bits per heavy atom. The van der Waals surface area contributed by atoms with Gasteiger partial charge in [-0.3, -0.25) is 38.4 Å². The number of nitrogens with zero attached hydrogens (tertiary/aromatic N) is 2. The second-order valence-electron chi connectivity index (χ2n) is 21.8. The van der Waals surface area contributed by atoms with Gasteiger partial charge in [0.15, 0.2) is 5.78 Å². The number of benzene rings is 4. The molecule has 23 nitrogen and oxygen atoms in total. The molecule has 3 fully saturated rings. The second kappa shape index (κ2) is 28.5. The lowest BCUT2D eigenvalue weighted by molar-refractivity contribution is -0.149. The van der Waals surface area contributed by atoms with Gasteiger partial charge in [0, 0.05) is 56.9 Å². The number of ether oxygens (including phenoxy) is 1. The minimum absolute atomic E-state index is 0.0704. The molecule has 3 aliphatic heterocycles. The van der Waals surface area contributed by atoms with Gasteiger partial charge in [-0.2, -0.15) is 0 Å². The molecule has 0 aromatic heterocycles. The highest BCUT2D eigenvalue weighted by atomic mass is 16.5. The molecule has 4 aromatic rings. The van der Waals surface area contributed by atoms with Crippen LogP contribution < -0.4 is 37.1 Å². The van der Waals surface area contributed by atoms with E-state index in [4.69, 9.17) is 10.5 Å². The molecular weight excluding hydrogens is 1070 g/mol. The lowest BCUT2D eigenvalue weighted by atomic mass is 9.89. The Kier molecular flexibility index (Phi) is 21.5. The average Bonchev–Trinajstić information content (AvgIpc) is 4.04. The van der Waals surface area contributed by atoms with Gasteiger partial charge in [0.05, 0.1) is 43.0 Å². The first-order valence-corrected chi connectivity index (χ1v) is 28.0. The van der Waals surface area contributed by atoms with Crippen molar-refractivity contribution in [2.75, 3.05) is 32.8 Å². The van der Waals surface area contributed by atoms with Crippen molar-refractivity contribution in [3.63, 3.8) is 0 Å². The van der Waals surface area contributed by atoms with Gasteiger partial charge in [-0.1, -0.05) is 87.4 Å². The van der Waals surface area contributed by atoms with Crippen molar-refractivity contribution in [2.24, 2.45) is 17.6 Å². The van der Waals surface area contributed by atoms with Crippen LogP contribution in [0.15, 0.2) is 97.1 Å². The van der Waals surface area contributed by atoms with Gasteiger partial charge in [0.2, 0.25) is 35.4 Å². The molecule has 446 valence electrons. The molecule has 7 amide bonds. The number of aliphatic hydroxyl groups excluding tert-OH is 5. The summed E-state index contributed by atoms with van der Waals surface area (Å²) in [7, 11) is 0. The molecular formula is C60H76N8O15. The Morgan fingerprint density at radius 2 is 1.30 bits per heavy atom. The molecule has 13 N–H and O–H groups in total. The Balaban J connectivity index is 1.17. The zero-order valence-electron chi connectivity index (χ0n) is 46.9. The minimum Gasteiger partial charge on any atom is -0.508 e. The Labute approximate surface area is 481 Å². The first kappa shape index (κ1) is 62.8. The van der Waals surface area contributed by atoms with E-state index in [0.717, 1.165) is 64.0 Å². The molecule has 3 heterocycles. The standard InChI is InChI=1S/C60H76N8O15/c1-5-6-7-24-83-43-22-18-39(19-23-43)37-12-10-36(11-13-37)38-14-16-40(17-15-38)54(76)64-46-29-62-55(77)45(28-61)63-58(80)52-53(75)32(2)30-68(52)59(81)44(33(3)69)27-49(74)51(48(73)25-35-8-20-41(71)21-9-35)66-57(79)47-26-42(72)31-67(47)60(82)50(34(4)70)65-56(46)78/h8-23,32-34,42,44-48,50-53,69-73,75H,5-7,24-31,61H2,1-4H3,(H,62,77)(H,63,80)(H,64,76)(H,65,78)(H,66,79)/t32-,33?,34?,42+,44-,45-,46-,47-,48+,50-,51-,52-,53-/m0/s1. The average molecular weight is 1150 g/mol. The van der Waals surface area contributed by atoms with Crippen LogP contribution in [0.2, 0.25) is 0 Å². The van der Waals surface area contributed by atoms with Gasteiger partial charge in [-0.25, -0.2) is 0 Å². The summed E-state index contributed by atoms with van der Waals surface area (Å²) in [6.07, 6.45) is -6.31. The number of phenolic OH excluding ortho intramolecular Hbond substituents is 1. The third-order valence-corrected chi connectivity index (χ3v) is 15.5. The molecule has 0 spiro atoms. The summed E-state index contributed by atoms with van der Waals surface area (Å²) in [4.78, 5) is 116. The van der Waals surface area contributed by atoms with Gasteiger partial charge >= 0.3 is 0 Å². The van der Waals surface area contributed by atoms with E-state index in [1.165, 1.54) is 43.3 Å². The van der Waals surface area contributed by atoms with Crippen LogP contribution in [0.3, 0.4) is 0 Å². The fraction of sp³-hybridized carbons (Fsp3) is 0.467. The summed E-state index contributed by atoms with van der Waals surface area (Å²) in [5.41, 5.74) is 10.0. The monoisotopic (exact) mass is 1150 g/mol. The first-order valence-electron chi connectivity index (χ1n) is 28.0. The summed E-state index contributed by atoms with van der Waals surface area (Å²) in [5, 5.41) is 78.5. The maximum absolute atomic E-state index is 14.5. The molecule has 0 aliphatic carbocycles. The summed E-state index contributed by atoms with van der Waals surface area (Å²) < 4.78 is 5.85. The van der Waals surface area contributed by atoms with E-state index in [9.17, 15) is 69.0 Å². The summed E-state index contributed by atoms with van der Waals surface area (Å²) in [6.45, 7) is 4.68. The molecule has 83 heavy (non-hydrogen) atoms. The number of hydrogen-bond donors (Lipinski definition) is 12. The number of aromatic hydroxyl groups is 1. The first-order chi connectivity index (χ1) is 39.6. The lowest BCUT2D eigenvalue weighted by Crippen LogP contribution is -2.63. The number of carbonyl (C=O) groups excluding carboxylic acids is 8. The Hall–Kier alpha value is -7.80. The molecule has 0 saturated carbocycles. The predicted octanol–water partition coefficient (Wildman–Crippen LogP) is 0.0467. The third kappa shape index (κ3) is 15.7. The van der Waals surface area contributed by atoms with Crippen LogP contribution >= 0.6 is 0 Å². The Morgan fingerprint density at radius 3 is 1.88 bits per heavy atom. The molecule has 3 saturated heterocycles. The van der Waals surface area contributed by atoms with Crippen molar-refractivity contribution in [3.8, 4) is 33.8 Å². The number of carbonyl (C=O) groups is 8. The quantitative estimate of drug-likeness (QED) is 0.0700. The Bertz CT molecular complexity index is 2930. The molecule has 7 rings (SSSR count). The van der Waals surface area contributed by atoms with Crippen molar-refractivity contribution in [2.45, 2.75) is 133 Å². The number of hydrogen-bond acceptors (Lipinski definition) is 16. The minimum atomic E-state index is -1.87. The number of phenols is 1. The second-order valence-corrected chi connectivity index (χ2v) is 21.8. The number of aliphatic hydroxyl groups is 5. The number of amides is 7. The molecule has 13 atom stereocenters. The zero-order chi connectivity index (χ0) is 60.2. The van der Waals surface area contributed by atoms with E-state index in [-0.39, 0.29) is 24.3 Å². The highest BCUT2D eigenvalue weighted by Crippen LogP contribution is 2.30.